The Hall–Kier alpha value is -3.72. The number of carboxylic acids is 1. The molecule has 0 rings (SSSR count). The van der Waals surface area contributed by atoms with Gasteiger partial charge >= 0.3 is 11.9 Å². The van der Waals surface area contributed by atoms with Crippen molar-refractivity contribution in [3.63, 3.8) is 0 Å². The summed E-state index contributed by atoms with van der Waals surface area (Å²) in [5.74, 6) is -2.43. The zero-order valence-corrected chi connectivity index (χ0v) is 33.7. The van der Waals surface area contributed by atoms with Gasteiger partial charge in [-0.3, -0.25) is 14.4 Å². The lowest BCUT2D eigenvalue weighted by molar-refractivity contribution is -0.147. The molecule has 0 aliphatic heterocycles. The minimum Gasteiger partial charge on any atom is -0.480 e. The number of esters is 1. The maximum atomic E-state index is 12.6. The molecule has 2 atom stereocenters. The van der Waals surface area contributed by atoms with Crippen LogP contribution in [-0.2, 0) is 23.9 Å². The number of nitrogens with one attached hydrogen (secondary N) is 2. The Labute approximate surface area is 327 Å². The highest BCUT2D eigenvalue weighted by Crippen LogP contribution is 2.15. The molecule has 54 heavy (non-hydrogen) atoms. The van der Waals surface area contributed by atoms with E-state index in [2.05, 4.69) is 91.3 Å². The van der Waals surface area contributed by atoms with Crippen LogP contribution in [0.25, 0.3) is 0 Å². The molecule has 0 spiro atoms. The van der Waals surface area contributed by atoms with Crippen LogP contribution in [0.2, 0.25) is 0 Å². The molecule has 0 bridgehead atoms. The molecule has 0 saturated heterocycles. The van der Waals surface area contributed by atoms with Gasteiger partial charge in [-0.25, -0.2) is 4.79 Å². The van der Waals surface area contributed by atoms with Crippen molar-refractivity contribution in [1.29, 1.82) is 0 Å². The normalized spacial score (nSPS) is 13.2. The number of rotatable bonds is 36. The average Bonchev–Trinajstić information content (AvgIpc) is 3.16. The molecule has 2 unspecified atom stereocenters. The molecule has 0 aromatic carbocycles. The first-order valence-corrected chi connectivity index (χ1v) is 20.8. The third-order valence-corrected chi connectivity index (χ3v) is 8.67. The summed E-state index contributed by atoms with van der Waals surface area (Å²) in [7, 11) is 0. The lowest BCUT2D eigenvalue weighted by atomic mass is 10.1. The van der Waals surface area contributed by atoms with Crippen LogP contribution >= 0.6 is 0 Å². The minimum atomic E-state index is -1.39. The van der Waals surface area contributed by atoms with Gasteiger partial charge in [0.05, 0.1) is 13.2 Å². The molecule has 4 N–H and O–H groups in total. The zero-order chi connectivity index (χ0) is 39.7. The molecule has 306 valence electrons. The molecule has 9 nitrogen and oxygen atoms in total. The highest BCUT2D eigenvalue weighted by atomic mass is 16.5. The van der Waals surface area contributed by atoms with Crippen molar-refractivity contribution in [1.82, 2.24) is 10.6 Å². The van der Waals surface area contributed by atoms with Gasteiger partial charge in [0.1, 0.15) is 12.1 Å². The second-order valence-electron chi connectivity index (χ2n) is 13.7. The number of ether oxygens (including phenoxy) is 1. The quantitative estimate of drug-likeness (QED) is 0.0283. The van der Waals surface area contributed by atoms with E-state index in [-0.39, 0.29) is 30.9 Å². The number of carbonyl (C=O) groups excluding carboxylic acids is 3. The molecular weight excluding hydrogens is 681 g/mol. The van der Waals surface area contributed by atoms with Crippen molar-refractivity contribution in [3.05, 3.63) is 72.9 Å². The maximum Gasteiger partial charge on any atom is 0.328 e. The number of carbonyl (C=O) groups is 4. The molecule has 2 amide bonds. The minimum absolute atomic E-state index is 0.133. The van der Waals surface area contributed by atoms with E-state index in [9.17, 15) is 19.2 Å². The standard InChI is InChI=1S/C45H74N2O7/c1-3-5-7-9-10-11-12-13-14-15-16-17-18-19-20-21-22-23-24-25-26-27-33-37-44(51)54-40(34-30-8-6-4-2)35-31-28-29-32-36-42(49)46-38-43(50)47-41(39-48)45(52)53/h5,7,10-11,13-14,16-17,19-20,30,34,40-41,48H,3-4,6,8-9,12,15,18,21-29,31-33,35-39H2,1-2H3,(H,46,49)(H,47,50)(H,52,53)/b7-5-,11-10-,14-13-,17-16-,20-19-,34-30-. The number of allylic oxidation sites excluding steroid dienone is 11. The Bertz CT molecular complexity index is 1140. The number of carboxylic acid groups (broad SMARTS) is 1. The second-order valence-corrected chi connectivity index (χ2v) is 13.7. The lowest BCUT2D eigenvalue weighted by Crippen LogP contribution is -2.47. The van der Waals surface area contributed by atoms with Gasteiger partial charge in [-0.15, -0.1) is 0 Å². The van der Waals surface area contributed by atoms with E-state index in [1.807, 2.05) is 6.08 Å². The molecular formula is C45H74N2O7. The number of unbranched alkanes of at least 4 members (excludes halogenated alkanes) is 12. The number of aliphatic carboxylic acids is 1. The van der Waals surface area contributed by atoms with Gasteiger partial charge in [-0.05, 0) is 83.1 Å². The molecule has 0 aromatic rings. The molecule has 0 radical (unpaired) electrons. The van der Waals surface area contributed by atoms with E-state index >= 15 is 0 Å². The summed E-state index contributed by atoms with van der Waals surface area (Å²) in [6.45, 7) is 3.24. The number of aliphatic hydroxyl groups is 1. The van der Waals surface area contributed by atoms with Crippen molar-refractivity contribution in [2.75, 3.05) is 13.2 Å². The molecule has 0 heterocycles. The van der Waals surface area contributed by atoms with Gasteiger partial charge in [-0.2, -0.15) is 0 Å². The van der Waals surface area contributed by atoms with Crippen molar-refractivity contribution < 1.29 is 34.1 Å². The smallest absolute Gasteiger partial charge is 0.328 e. The number of hydrogen-bond acceptors (Lipinski definition) is 6. The van der Waals surface area contributed by atoms with Gasteiger partial charge in [0.15, 0.2) is 0 Å². The van der Waals surface area contributed by atoms with Crippen LogP contribution in [-0.4, -0.2) is 59.3 Å². The van der Waals surface area contributed by atoms with Crippen LogP contribution in [0, 0.1) is 0 Å². The summed E-state index contributed by atoms with van der Waals surface area (Å²) in [6, 6.07) is -1.39. The highest BCUT2D eigenvalue weighted by molar-refractivity contribution is 5.87. The van der Waals surface area contributed by atoms with E-state index in [4.69, 9.17) is 14.9 Å². The monoisotopic (exact) mass is 755 g/mol. The molecule has 0 aliphatic rings. The fourth-order valence-corrected chi connectivity index (χ4v) is 5.46. The number of amides is 2. The summed E-state index contributed by atoms with van der Waals surface area (Å²) >= 11 is 0. The zero-order valence-electron chi connectivity index (χ0n) is 33.7. The first-order valence-electron chi connectivity index (χ1n) is 20.8. The summed E-state index contributed by atoms with van der Waals surface area (Å²) in [6.07, 6.45) is 48.4. The first-order chi connectivity index (χ1) is 26.3. The van der Waals surface area contributed by atoms with E-state index in [0.717, 1.165) is 103 Å². The van der Waals surface area contributed by atoms with E-state index in [0.29, 0.717) is 12.8 Å². The topological polar surface area (TPSA) is 142 Å². The summed E-state index contributed by atoms with van der Waals surface area (Å²) < 4.78 is 5.83. The van der Waals surface area contributed by atoms with Crippen molar-refractivity contribution >= 4 is 23.8 Å². The Kier molecular flexibility index (Phi) is 36.3. The SMILES string of the molecule is CC/C=C\C/C=C\C/C=C\C/C=C\C/C=C\CCCCCCCCCC(=O)OC(/C=C\CCCC)CCCCCCC(=O)NCC(=O)NC(CO)C(=O)O. The molecule has 0 aromatic heterocycles. The summed E-state index contributed by atoms with van der Waals surface area (Å²) in [5, 5.41) is 22.5. The van der Waals surface area contributed by atoms with Crippen LogP contribution in [0.1, 0.15) is 162 Å². The Morgan fingerprint density at radius 1 is 0.593 bits per heavy atom. The Morgan fingerprint density at radius 2 is 1.11 bits per heavy atom. The summed E-state index contributed by atoms with van der Waals surface area (Å²) in [4.78, 5) is 47.3. The Morgan fingerprint density at radius 3 is 1.69 bits per heavy atom. The first kappa shape index (κ1) is 50.3. The number of hydrogen-bond donors (Lipinski definition) is 4. The Balaban J connectivity index is 4.00. The van der Waals surface area contributed by atoms with Gasteiger partial charge in [-0.1, -0.05) is 138 Å². The van der Waals surface area contributed by atoms with E-state index in [1.165, 1.54) is 25.7 Å². The fourth-order valence-electron chi connectivity index (χ4n) is 5.46. The predicted octanol–water partition coefficient (Wildman–Crippen LogP) is 9.93. The fraction of sp³-hybridized carbons (Fsp3) is 0.644. The number of aliphatic hydroxyl groups excluding tert-OH is 1. The molecule has 0 aliphatic carbocycles. The lowest BCUT2D eigenvalue weighted by Gasteiger charge is -2.15. The van der Waals surface area contributed by atoms with Crippen LogP contribution in [0.15, 0.2) is 72.9 Å². The van der Waals surface area contributed by atoms with Gasteiger partial charge in [0, 0.05) is 12.8 Å². The van der Waals surface area contributed by atoms with E-state index < -0.39 is 24.5 Å². The molecule has 0 fully saturated rings. The molecule has 9 heteroatoms. The second kappa shape index (κ2) is 39.0. The largest absolute Gasteiger partial charge is 0.480 e. The van der Waals surface area contributed by atoms with Crippen LogP contribution in [0.4, 0.5) is 0 Å². The maximum absolute atomic E-state index is 12.6. The predicted molar refractivity (Wildman–Crippen MR) is 222 cm³/mol. The van der Waals surface area contributed by atoms with Crippen LogP contribution in [0.3, 0.4) is 0 Å². The third-order valence-electron chi connectivity index (χ3n) is 8.67. The highest BCUT2D eigenvalue weighted by Gasteiger charge is 2.18. The third kappa shape index (κ3) is 35.3. The van der Waals surface area contributed by atoms with Crippen LogP contribution < -0.4 is 10.6 Å². The average molecular weight is 755 g/mol. The van der Waals surface area contributed by atoms with Gasteiger partial charge in [0.2, 0.25) is 11.8 Å². The van der Waals surface area contributed by atoms with Gasteiger partial charge < -0.3 is 25.6 Å². The van der Waals surface area contributed by atoms with Crippen molar-refractivity contribution in [2.45, 2.75) is 174 Å². The van der Waals surface area contributed by atoms with Crippen molar-refractivity contribution in [3.8, 4) is 0 Å². The molecule has 0 saturated carbocycles. The van der Waals surface area contributed by atoms with Gasteiger partial charge in [0.25, 0.3) is 0 Å². The van der Waals surface area contributed by atoms with Crippen molar-refractivity contribution in [2.24, 2.45) is 0 Å². The van der Waals surface area contributed by atoms with Crippen LogP contribution in [0.5, 0.6) is 0 Å². The summed E-state index contributed by atoms with van der Waals surface area (Å²) in [5.41, 5.74) is 0. The van der Waals surface area contributed by atoms with E-state index in [1.54, 1.807) is 0 Å².